The Balaban J connectivity index is 1.57. The van der Waals surface area contributed by atoms with E-state index in [1.807, 2.05) is 44.3 Å². The average Bonchev–Trinajstić information content (AvgIpc) is 3.36. The van der Waals surface area contributed by atoms with Crippen LogP contribution in [0, 0.1) is 13.8 Å². The van der Waals surface area contributed by atoms with E-state index in [9.17, 15) is 0 Å². The molecule has 2 aromatic heterocycles. The number of anilines is 1. The fourth-order valence-corrected chi connectivity index (χ4v) is 5.39. The minimum atomic E-state index is -0.0732. The molecule has 1 saturated heterocycles. The average molecular weight is 497 g/mol. The number of pyridine rings is 1. The number of thiocarbonyl (C=S) groups is 1. The maximum atomic E-state index is 5.92. The van der Waals surface area contributed by atoms with Crippen molar-refractivity contribution in [2.75, 3.05) is 4.90 Å². The van der Waals surface area contributed by atoms with Gasteiger partial charge in [-0.25, -0.2) is 0 Å². The van der Waals surface area contributed by atoms with Crippen molar-refractivity contribution in [1.82, 2.24) is 14.9 Å². The summed E-state index contributed by atoms with van der Waals surface area (Å²) in [5.74, 6) is 0.852. The first kappa shape index (κ1) is 24.1. The maximum Gasteiger partial charge on any atom is 0.174 e. The zero-order chi connectivity index (χ0) is 25.2. The molecule has 6 heteroatoms. The minimum Gasteiger partial charge on any atom is -0.491 e. The lowest BCUT2D eigenvalue weighted by molar-refractivity contribution is 0.242. The van der Waals surface area contributed by atoms with Crippen molar-refractivity contribution in [1.29, 1.82) is 0 Å². The van der Waals surface area contributed by atoms with Gasteiger partial charge in [0.25, 0.3) is 0 Å². The molecule has 0 radical (unpaired) electrons. The molecule has 36 heavy (non-hydrogen) atoms. The number of hydrogen-bond donors (Lipinski definition) is 1. The first-order valence-electron chi connectivity index (χ1n) is 12.4. The van der Waals surface area contributed by atoms with E-state index in [4.69, 9.17) is 21.9 Å². The first-order valence-corrected chi connectivity index (χ1v) is 12.8. The Hall–Kier alpha value is -3.64. The number of hydrogen-bond acceptors (Lipinski definition) is 3. The minimum absolute atomic E-state index is 0.0417. The Morgan fingerprint density at radius 1 is 0.972 bits per heavy atom. The van der Waals surface area contributed by atoms with Gasteiger partial charge in [0.1, 0.15) is 5.75 Å². The summed E-state index contributed by atoms with van der Waals surface area (Å²) >= 11 is 5.92. The Kier molecular flexibility index (Phi) is 6.79. The Bertz CT molecular complexity index is 1330. The predicted octanol–water partition coefficient (Wildman–Crippen LogP) is 6.51. The van der Waals surface area contributed by atoms with Gasteiger partial charge >= 0.3 is 0 Å². The van der Waals surface area contributed by atoms with Crippen LogP contribution in [-0.2, 0) is 6.54 Å². The second-order valence-electron chi connectivity index (χ2n) is 9.56. The molecule has 1 N–H and O–H groups in total. The van der Waals surface area contributed by atoms with Gasteiger partial charge in [-0.1, -0.05) is 36.4 Å². The van der Waals surface area contributed by atoms with E-state index >= 15 is 0 Å². The summed E-state index contributed by atoms with van der Waals surface area (Å²) in [5, 5.41) is 4.27. The highest BCUT2D eigenvalue weighted by Crippen LogP contribution is 2.43. The standard InChI is InChI=1S/C30H32N4OS/c1-20(2)35-25-15-13-24(14-16-25)34-29(28(32-30(34)36)27-12-8-9-17-31-27)26-18-21(3)33(22(26)4)19-23-10-6-5-7-11-23/h5-18,20,28-29H,19H2,1-4H3,(H,32,36)/t28-,29-/m1/s1. The van der Waals surface area contributed by atoms with Gasteiger partial charge in [0, 0.05) is 29.8 Å². The van der Waals surface area contributed by atoms with E-state index < -0.39 is 0 Å². The molecule has 1 aliphatic rings. The second-order valence-corrected chi connectivity index (χ2v) is 9.94. The lowest BCUT2D eigenvalue weighted by Gasteiger charge is -2.28. The van der Waals surface area contributed by atoms with Crippen LogP contribution in [0.4, 0.5) is 5.69 Å². The number of nitrogens with one attached hydrogen (secondary N) is 1. The Labute approximate surface area is 218 Å². The number of rotatable bonds is 7. The third kappa shape index (κ3) is 4.73. The largest absolute Gasteiger partial charge is 0.491 e. The van der Waals surface area contributed by atoms with Crippen molar-refractivity contribution in [2.24, 2.45) is 0 Å². The van der Waals surface area contributed by atoms with Crippen LogP contribution in [0.1, 0.15) is 54.1 Å². The highest BCUT2D eigenvalue weighted by Gasteiger charge is 2.42. The van der Waals surface area contributed by atoms with Crippen LogP contribution < -0.4 is 15.0 Å². The van der Waals surface area contributed by atoms with Crippen LogP contribution in [0.25, 0.3) is 0 Å². The van der Waals surface area contributed by atoms with Gasteiger partial charge in [0.05, 0.1) is 23.9 Å². The molecule has 2 aromatic carbocycles. The van der Waals surface area contributed by atoms with E-state index in [0.29, 0.717) is 5.11 Å². The third-order valence-electron chi connectivity index (χ3n) is 6.70. The van der Waals surface area contributed by atoms with Gasteiger partial charge in [-0.3, -0.25) is 4.98 Å². The lowest BCUT2D eigenvalue weighted by Crippen LogP contribution is -2.29. The van der Waals surface area contributed by atoms with Crippen molar-refractivity contribution in [3.63, 3.8) is 0 Å². The molecule has 5 rings (SSSR count). The fraction of sp³-hybridized carbons (Fsp3) is 0.267. The van der Waals surface area contributed by atoms with Crippen LogP contribution in [0.5, 0.6) is 5.75 Å². The smallest absolute Gasteiger partial charge is 0.174 e. The van der Waals surface area contributed by atoms with Crippen molar-refractivity contribution >= 4 is 23.0 Å². The first-order chi connectivity index (χ1) is 17.4. The lowest BCUT2D eigenvalue weighted by atomic mass is 9.96. The Morgan fingerprint density at radius 3 is 2.36 bits per heavy atom. The molecule has 0 unspecified atom stereocenters. The quantitative estimate of drug-likeness (QED) is 0.295. The molecule has 0 aliphatic carbocycles. The molecular formula is C30H32N4OS. The summed E-state index contributed by atoms with van der Waals surface area (Å²) in [5.41, 5.74) is 6.99. The summed E-state index contributed by atoms with van der Waals surface area (Å²) in [6.07, 6.45) is 1.97. The number of nitrogens with zero attached hydrogens (tertiary/aromatic N) is 3. The Morgan fingerprint density at radius 2 is 1.69 bits per heavy atom. The molecule has 0 amide bonds. The number of aryl methyl sites for hydroxylation is 1. The number of aromatic nitrogens is 2. The van der Waals surface area contributed by atoms with Crippen molar-refractivity contribution < 1.29 is 4.74 Å². The van der Waals surface area contributed by atoms with Crippen molar-refractivity contribution in [3.05, 3.63) is 113 Å². The number of benzene rings is 2. The van der Waals surface area contributed by atoms with Crippen molar-refractivity contribution in [2.45, 2.75) is 52.4 Å². The highest BCUT2D eigenvalue weighted by atomic mass is 32.1. The number of ether oxygens (including phenoxy) is 1. The zero-order valence-electron chi connectivity index (χ0n) is 21.2. The molecule has 0 saturated carbocycles. The van der Waals surface area contributed by atoms with Crippen LogP contribution in [0.2, 0.25) is 0 Å². The second kappa shape index (κ2) is 10.2. The molecule has 0 spiro atoms. The summed E-state index contributed by atoms with van der Waals surface area (Å²) in [6, 6.07) is 27.0. The molecule has 4 aromatic rings. The van der Waals surface area contributed by atoms with Gasteiger partial charge in [-0.2, -0.15) is 0 Å². The van der Waals surface area contributed by atoms with Gasteiger partial charge in [-0.15, -0.1) is 0 Å². The summed E-state index contributed by atoms with van der Waals surface area (Å²) in [4.78, 5) is 6.92. The molecule has 184 valence electrons. The SMILES string of the molecule is Cc1cc([C@@H]2[C@@H](c3ccccn3)NC(=S)N2c2ccc(OC(C)C)cc2)c(C)n1Cc1ccccc1. The third-order valence-corrected chi connectivity index (χ3v) is 7.01. The normalized spacial score (nSPS) is 17.5. The van der Waals surface area contributed by atoms with Gasteiger partial charge in [0.2, 0.25) is 0 Å². The zero-order valence-corrected chi connectivity index (χ0v) is 22.0. The summed E-state index contributed by atoms with van der Waals surface area (Å²) in [6.45, 7) is 9.29. The molecule has 1 fully saturated rings. The molecule has 3 heterocycles. The molecule has 2 atom stereocenters. The van der Waals surface area contributed by atoms with Crippen LogP contribution in [0.3, 0.4) is 0 Å². The van der Waals surface area contributed by atoms with E-state index in [2.05, 4.69) is 83.2 Å². The van der Waals surface area contributed by atoms with Gasteiger partial charge < -0.3 is 19.5 Å². The monoisotopic (exact) mass is 496 g/mol. The highest BCUT2D eigenvalue weighted by molar-refractivity contribution is 7.80. The van der Waals surface area contributed by atoms with Crippen LogP contribution >= 0.6 is 12.2 Å². The van der Waals surface area contributed by atoms with E-state index in [1.54, 1.807) is 0 Å². The van der Waals surface area contributed by atoms with E-state index in [-0.39, 0.29) is 18.2 Å². The van der Waals surface area contributed by atoms with E-state index in [0.717, 1.165) is 23.7 Å². The van der Waals surface area contributed by atoms with Gasteiger partial charge in [0.15, 0.2) is 5.11 Å². The van der Waals surface area contributed by atoms with Crippen molar-refractivity contribution in [3.8, 4) is 5.75 Å². The molecular weight excluding hydrogens is 464 g/mol. The summed E-state index contributed by atoms with van der Waals surface area (Å²) < 4.78 is 8.26. The van der Waals surface area contributed by atoms with E-state index in [1.165, 1.54) is 22.5 Å². The van der Waals surface area contributed by atoms with Crippen LogP contribution in [0.15, 0.2) is 85.1 Å². The molecule has 5 nitrogen and oxygen atoms in total. The summed E-state index contributed by atoms with van der Waals surface area (Å²) in [7, 11) is 0. The molecule has 0 bridgehead atoms. The van der Waals surface area contributed by atoms with Gasteiger partial charge in [-0.05, 0) is 93.5 Å². The predicted molar refractivity (Wildman–Crippen MR) is 150 cm³/mol. The molecule has 1 aliphatic heterocycles. The topological polar surface area (TPSA) is 42.3 Å². The maximum absolute atomic E-state index is 5.92. The fourth-order valence-electron chi connectivity index (χ4n) is 5.04. The van der Waals surface area contributed by atoms with Crippen LogP contribution in [-0.4, -0.2) is 20.8 Å².